The maximum Gasteiger partial charge on any atom is 0.228 e. The molecule has 1 unspecified atom stereocenters. The predicted octanol–water partition coefficient (Wildman–Crippen LogP) is 1.97. The highest BCUT2D eigenvalue weighted by Gasteiger charge is 2.32. The van der Waals surface area contributed by atoms with E-state index in [9.17, 15) is 13.2 Å². The molecule has 0 spiro atoms. The highest BCUT2D eigenvalue weighted by Crippen LogP contribution is 2.22. The van der Waals surface area contributed by atoms with Crippen LogP contribution in [0.2, 0.25) is 5.02 Å². The topological polar surface area (TPSA) is 75.7 Å². The first kappa shape index (κ1) is 18.2. The van der Waals surface area contributed by atoms with Gasteiger partial charge in [-0.1, -0.05) is 17.7 Å². The van der Waals surface area contributed by atoms with Crippen LogP contribution in [-0.4, -0.2) is 51.2 Å². The zero-order chi connectivity index (χ0) is 16.9. The Morgan fingerprint density at radius 3 is 2.96 bits per heavy atom. The summed E-state index contributed by atoms with van der Waals surface area (Å²) in [5.41, 5.74) is 0.613. The lowest BCUT2D eigenvalue weighted by atomic mass is 9.99. The number of amides is 1. The first-order valence-electron chi connectivity index (χ1n) is 7.45. The Bertz CT molecular complexity index is 651. The van der Waals surface area contributed by atoms with Crippen molar-refractivity contribution in [1.29, 1.82) is 0 Å². The first-order valence-corrected chi connectivity index (χ1v) is 9.44. The molecule has 1 N–H and O–H groups in total. The van der Waals surface area contributed by atoms with Gasteiger partial charge in [0, 0.05) is 30.9 Å². The molecule has 1 aliphatic heterocycles. The molecule has 1 amide bonds. The van der Waals surface area contributed by atoms with E-state index in [0.717, 1.165) is 0 Å². The van der Waals surface area contributed by atoms with Gasteiger partial charge in [0.25, 0.3) is 0 Å². The highest BCUT2D eigenvalue weighted by atomic mass is 35.5. The van der Waals surface area contributed by atoms with Gasteiger partial charge in [0.05, 0.1) is 18.3 Å². The average molecular weight is 361 g/mol. The predicted molar refractivity (Wildman–Crippen MR) is 90.0 cm³/mol. The zero-order valence-corrected chi connectivity index (χ0v) is 14.6. The van der Waals surface area contributed by atoms with Gasteiger partial charge >= 0.3 is 0 Å². The fraction of sp³-hybridized carbons (Fsp3) is 0.533. The largest absolute Gasteiger partial charge is 0.384 e. The Morgan fingerprint density at radius 2 is 2.26 bits per heavy atom. The molecule has 0 aliphatic carbocycles. The van der Waals surface area contributed by atoms with Crippen LogP contribution in [0.15, 0.2) is 24.3 Å². The smallest absolute Gasteiger partial charge is 0.228 e. The fourth-order valence-corrected chi connectivity index (χ4v) is 4.18. The van der Waals surface area contributed by atoms with Crippen LogP contribution in [0.5, 0.6) is 0 Å². The van der Waals surface area contributed by atoms with Crippen LogP contribution in [0.3, 0.4) is 0 Å². The number of rotatable bonds is 6. The fourth-order valence-electron chi connectivity index (χ4n) is 2.54. The Hall–Kier alpha value is -1.15. The van der Waals surface area contributed by atoms with E-state index in [1.54, 1.807) is 24.3 Å². The minimum atomic E-state index is -3.38. The van der Waals surface area contributed by atoms with Crippen molar-refractivity contribution in [3.63, 3.8) is 0 Å². The first-order chi connectivity index (χ1) is 10.9. The summed E-state index contributed by atoms with van der Waals surface area (Å²) < 4.78 is 30.6. The Balaban J connectivity index is 1.99. The summed E-state index contributed by atoms with van der Waals surface area (Å²) in [5.74, 6) is -0.606. The number of ether oxygens (including phenoxy) is 1. The van der Waals surface area contributed by atoms with Crippen LogP contribution >= 0.6 is 11.6 Å². The van der Waals surface area contributed by atoms with E-state index in [1.807, 2.05) is 0 Å². The molecule has 2 rings (SSSR count). The number of nitrogens with zero attached hydrogens (tertiary/aromatic N) is 1. The maximum atomic E-state index is 12.4. The number of carbonyl (C=O) groups is 1. The van der Waals surface area contributed by atoms with E-state index < -0.39 is 10.0 Å². The summed E-state index contributed by atoms with van der Waals surface area (Å²) in [7, 11) is -1.92. The number of hydrogen-bond acceptors (Lipinski definition) is 4. The minimum Gasteiger partial charge on any atom is -0.384 e. The van der Waals surface area contributed by atoms with Gasteiger partial charge < -0.3 is 10.1 Å². The summed E-state index contributed by atoms with van der Waals surface area (Å²) in [6.45, 7) is 0.809. The number of methoxy groups -OCH3 is 1. The van der Waals surface area contributed by atoms with Crippen LogP contribution in [-0.2, 0) is 19.6 Å². The number of nitrogens with one attached hydrogen (secondary N) is 1. The van der Waals surface area contributed by atoms with Crippen molar-refractivity contribution >= 4 is 33.2 Å². The number of hydrogen-bond donors (Lipinski definition) is 1. The number of halogens is 1. The molecule has 0 aromatic heterocycles. The lowest BCUT2D eigenvalue weighted by Gasteiger charge is -2.31. The molecule has 0 saturated carbocycles. The lowest BCUT2D eigenvalue weighted by molar-refractivity contribution is -0.120. The molecule has 1 fully saturated rings. The quantitative estimate of drug-likeness (QED) is 0.841. The molecular formula is C15H21ClN2O4S. The number of piperidine rings is 1. The third kappa shape index (κ3) is 5.17. The van der Waals surface area contributed by atoms with Crippen LogP contribution in [0.1, 0.15) is 12.8 Å². The molecule has 23 heavy (non-hydrogen) atoms. The molecule has 0 bridgehead atoms. The molecule has 1 heterocycles. The van der Waals surface area contributed by atoms with E-state index in [-0.39, 0.29) is 30.7 Å². The molecule has 1 saturated heterocycles. The van der Waals surface area contributed by atoms with Gasteiger partial charge in [0.1, 0.15) is 0 Å². The van der Waals surface area contributed by atoms with Gasteiger partial charge in [0.2, 0.25) is 15.9 Å². The van der Waals surface area contributed by atoms with Crippen molar-refractivity contribution in [2.45, 2.75) is 12.8 Å². The average Bonchev–Trinajstić information content (AvgIpc) is 2.53. The molecule has 128 valence electrons. The molecule has 1 atom stereocenters. The lowest BCUT2D eigenvalue weighted by Crippen LogP contribution is -2.45. The normalized spacial score (nSPS) is 19.5. The van der Waals surface area contributed by atoms with Gasteiger partial charge in [0.15, 0.2) is 0 Å². The van der Waals surface area contributed by atoms with Crippen LogP contribution in [0.4, 0.5) is 5.69 Å². The number of carbonyl (C=O) groups excluding carboxylic acids is 1. The third-order valence-electron chi connectivity index (χ3n) is 3.79. The Kier molecular flexibility index (Phi) is 6.41. The Morgan fingerprint density at radius 1 is 1.48 bits per heavy atom. The van der Waals surface area contributed by atoms with Gasteiger partial charge in [-0.15, -0.1) is 0 Å². The van der Waals surface area contributed by atoms with Gasteiger partial charge in [-0.25, -0.2) is 12.7 Å². The molecule has 0 radical (unpaired) electrons. The van der Waals surface area contributed by atoms with Crippen LogP contribution in [0.25, 0.3) is 0 Å². The molecule has 1 aromatic carbocycles. The van der Waals surface area contributed by atoms with Crippen LogP contribution < -0.4 is 5.32 Å². The second-order valence-electron chi connectivity index (χ2n) is 5.51. The van der Waals surface area contributed by atoms with Crippen molar-refractivity contribution < 1.29 is 17.9 Å². The highest BCUT2D eigenvalue weighted by molar-refractivity contribution is 7.89. The third-order valence-corrected chi connectivity index (χ3v) is 5.82. The number of sulfonamides is 1. The summed E-state index contributed by atoms with van der Waals surface area (Å²) in [6.07, 6.45) is 1.34. The monoisotopic (exact) mass is 360 g/mol. The van der Waals surface area contributed by atoms with E-state index >= 15 is 0 Å². The summed E-state index contributed by atoms with van der Waals surface area (Å²) >= 11 is 5.89. The second-order valence-corrected chi connectivity index (χ2v) is 8.03. The SMILES string of the molecule is COCCS(=O)(=O)N1CCCC(C(=O)Nc2cccc(Cl)c2)C1. The van der Waals surface area contributed by atoms with Gasteiger partial charge in [-0.3, -0.25) is 4.79 Å². The van der Waals surface area contributed by atoms with Gasteiger partial charge in [-0.05, 0) is 31.0 Å². The molecule has 6 nitrogen and oxygen atoms in total. The van der Waals surface area contributed by atoms with Crippen molar-refractivity contribution in [3.8, 4) is 0 Å². The summed E-state index contributed by atoms with van der Waals surface area (Å²) in [5, 5.41) is 3.34. The minimum absolute atomic E-state index is 0.0634. The van der Waals surface area contributed by atoms with E-state index in [0.29, 0.717) is 30.1 Å². The molecule has 1 aromatic rings. The van der Waals surface area contributed by atoms with Gasteiger partial charge in [-0.2, -0.15) is 0 Å². The van der Waals surface area contributed by atoms with Crippen molar-refractivity contribution in [3.05, 3.63) is 29.3 Å². The number of anilines is 1. The second kappa shape index (κ2) is 8.10. The Labute approximate surface area is 141 Å². The number of benzene rings is 1. The van der Waals surface area contributed by atoms with Crippen molar-refractivity contribution in [1.82, 2.24) is 4.31 Å². The summed E-state index contributed by atoms with van der Waals surface area (Å²) in [6, 6.07) is 6.89. The molecule has 1 aliphatic rings. The zero-order valence-electron chi connectivity index (χ0n) is 13.0. The van der Waals surface area contributed by atoms with E-state index in [1.165, 1.54) is 11.4 Å². The molecule has 8 heteroatoms. The molecular weight excluding hydrogens is 340 g/mol. The van der Waals surface area contributed by atoms with Crippen molar-refractivity contribution in [2.24, 2.45) is 5.92 Å². The standard InChI is InChI=1S/C15H21ClN2O4S/c1-22-8-9-23(20,21)18-7-3-4-12(11-18)15(19)17-14-6-2-5-13(16)10-14/h2,5-6,10,12H,3-4,7-9,11H2,1H3,(H,17,19). The van der Waals surface area contributed by atoms with Crippen LogP contribution in [0, 0.1) is 5.92 Å². The maximum absolute atomic E-state index is 12.4. The summed E-state index contributed by atoms with van der Waals surface area (Å²) in [4.78, 5) is 12.4. The van der Waals surface area contributed by atoms with E-state index in [2.05, 4.69) is 5.32 Å². The van der Waals surface area contributed by atoms with Crippen molar-refractivity contribution in [2.75, 3.05) is 37.9 Å². The van der Waals surface area contributed by atoms with E-state index in [4.69, 9.17) is 16.3 Å².